The molecule has 246 valence electrons. The van der Waals surface area contributed by atoms with Crippen LogP contribution in [0.5, 0.6) is 11.5 Å². The number of nitrogens with zero attached hydrogens (tertiary/aromatic N) is 1. The molecule has 1 fully saturated rings. The summed E-state index contributed by atoms with van der Waals surface area (Å²) in [6, 6.07) is 25.8. The molecule has 47 heavy (non-hydrogen) atoms. The van der Waals surface area contributed by atoms with Crippen LogP contribution >= 0.6 is 0 Å². The molecule has 0 spiro atoms. The quantitative estimate of drug-likeness (QED) is 0.193. The minimum absolute atomic E-state index is 0.0475. The van der Waals surface area contributed by atoms with E-state index in [4.69, 9.17) is 14.2 Å². The molecule has 0 unspecified atom stereocenters. The highest BCUT2D eigenvalue weighted by atomic mass is 32.2. The minimum atomic E-state index is -3.96. The van der Waals surface area contributed by atoms with Crippen LogP contribution in [0.3, 0.4) is 0 Å². The van der Waals surface area contributed by atoms with Crippen LogP contribution in [0.4, 0.5) is 10.1 Å². The van der Waals surface area contributed by atoms with Crippen LogP contribution in [0.15, 0.2) is 108 Å². The van der Waals surface area contributed by atoms with Gasteiger partial charge in [-0.15, -0.1) is 0 Å². The Kier molecular flexibility index (Phi) is 11.1. The summed E-state index contributed by atoms with van der Waals surface area (Å²) in [6.45, 7) is 0.665. The molecule has 2 N–H and O–H groups in total. The van der Waals surface area contributed by atoms with Crippen molar-refractivity contribution in [3.05, 3.63) is 120 Å². The number of halogens is 1. The van der Waals surface area contributed by atoms with Gasteiger partial charge in [0.05, 0.1) is 18.1 Å². The van der Waals surface area contributed by atoms with Gasteiger partial charge in [0.1, 0.15) is 23.4 Å². The van der Waals surface area contributed by atoms with Gasteiger partial charge in [0.15, 0.2) is 6.61 Å². The molecule has 4 aromatic rings. The van der Waals surface area contributed by atoms with E-state index in [1.54, 1.807) is 31.4 Å². The smallest absolute Gasteiger partial charge is 0.261 e. The van der Waals surface area contributed by atoms with Crippen molar-refractivity contribution in [2.24, 2.45) is 0 Å². The van der Waals surface area contributed by atoms with Crippen LogP contribution in [0.25, 0.3) is 0 Å². The van der Waals surface area contributed by atoms with Gasteiger partial charge < -0.3 is 24.4 Å². The molecule has 1 saturated heterocycles. The summed E-state index contributed by atoms with van der Waals surface area (Å²) in [6.07, 6.45) is 1.70. The number of rotatable bonds is 14. The SMILES string of the molecule is COc1ccc(CN(C(=O)COc2ccc(S(=O)(=O)Nc3ccc(F)cc3)cc2)[C@@H](C(=O)NC[C@@H]2CCCO2)c2ccccc2)cc1. The fourth-order valence-corrected chi connectivity index (χ4v) is 6.21. The second-order valence-corrected chi connectivity index (χ2v) is 12.6. The molecule has 12 heteroatoms. The molecular weight excluding hydrogens is 625 g/mol. The lowest BCUT2D eigenvalue weighted by atomic mass is 10.0. The van der Waals surface area contributed by atoms with Gasteiger partial charge in [-0.2, -0.15) is 0 Å². The summed E-state index contributed by atoms with van der Waals surface area (Å²) < 4.78 is 58.0. The average Bonchev–Trinajstić information content (AvgIpc) is 3.62. The normalized spacial score (nSPS) is 15.0. The Bertz CT molecular complexity index is 1730. The van der Waals surface area contributed by atoms with E-state index >= 15 is 0 Å². The standard InChI is InChI=1S/C35H36FN3O7S/c1-44-29-15-9-25(10-16-29)23-39(34(26-6-3-2-4-7-26)35(41)37-22-31-8-5-21-45-31)33(40)24-46-30-17-19-32(20-18-30)47(42,43)38-28-13-11-27(36)12-14-28/h2-4,6-7,9-20,31,34,38H,5,8,21-24H2,1H3,(H,37,41)/t31-,34+/m0/s1. The first-order valence-electron chi connectivity index (χ1n) is 15.1. The van der Waals surface area contributed by atoms with Gasteiger partial charge in [0.2, 0.25) is 5.91 Å². The number of carbonyl (C=O) groups excluding carboxylic acids is 2. The molecule has 1 aliphatic rings. The van der Waals surface area contributed by atoms with Gasteiger partial charge >= 0.3 is 0 Å². The van der Waals surface area contributed by atoms with Crippen molar-refractivity contribution in [3.63, 3.8) is 0 Å². The summed E-state index contributed by atoms with van der Waals surface area (Å²) in [7, 11) is -2.39. The van der Waals surface area contributed by atoms with E-state index < -0.39 is 34.4 Å². The number of hydrogen-bond acceptors (Lipinski definition) is 7. The Hall–Kier alpha value is -4.94. The second kappa shape index (κ2) is 15.6. The zero-order chi connectivity index (χ0) is 33.2. The highest BCUT2D eigenvalue weighted by molar-refractivity contribution is 7.92. The fourth-order valence-electron chi connectivity index (χ4n) is 5.15. The van der Waals surface area contributed by atoms with E-state index in [1.807, 2.05) is 30.3 Å². The molecule has 0 radical (unpaired) electrons. The molecule has 0 bridgehead atoms. The molecule has 0 aliphatic carbocycles. The predicted molar refractivity (Wildman–Crippen MR) is 174 cm³/mol. The van der Waals surface area contributed by atoms with E-state index in [0.29, 0.717) is 24.5 Å². The number of carbonyl (C=O) groups is 2. The maximum atomic E-state index is 13.9. The Morgan fingerprint density at radius 2 is 1.62 bits per heavy atom. The van der Waals surface area contributed by atoms with Gasteiger partial charge in [0.25, 0.3) is 15.9 Å². The second-order valence-electron chi connectivity index (χ2n) is 10.9. The number of nitrogens with one attached hydrogen (secondary N) is 2. The Labute approximate surface area is 273 Å². The van der Waals surface area contributed by atoms with Crippen molar-refractivity contribution < 1.29 is 36.6 Å². The molecule has 1 heterocycles. The maximum absolute atomic E-state index is 13.9. The van der Waals surface area contributed by atoms with Crippen LogP contribution in [0, 0.1) is 5.82 Å². The molecule has 5 rings (SSSR count). The molecule has 1 aliphatic heterocycles. The Morgan fingerprint density at radius 1 is 0.936 bits per heavy atom. The fraction of sp³-hybridized carbons (Fsp3) is 0.257. The number of methoxy groups -OCH3 is 1. The summed E-state index contributed by atoms with van der Waals surface area (Å²) >= 11 is 0. The van der Waals surface area contributed by atoms with Gasteiger partial charge in [-0.25, -0.2) is 12.8 Å². The number of hydrogen-bond donors (Lipinski definition) is 2. The van der Waals surface area contributed by atoms with E-state index in [-0.39, 0.29) is 34.9 Å². The van der Waals surface area contributed by atoms with Crippen molar-refractivity contribution in [1.82, 2.24) is 10.2 Å². The molecule has 2 amide bonds. The Morgan fingerprint density at radius 3 is 2.26 bits per heavy atom. The largest absolute Gasteiger partial charge is 0.497 e. The van der Waals surface area contributed by atoms with Gasteiger partial charge in [-0.3, -0.25) is 14.3 Å². The molecule has 2 atom stereocenters. The van der Waals surface area contributed by atoms with E-state index in [0.717, 1.165) is 30.5 Å². The number of ether oxygens (including phenoxy) is 3. The summed E-state index contributed by atoms with van der Waals surface area (Å²) in [5, 5.41) is 2.98. The van der Waals surface area contributed by atoms with E-state index in [9.17, 15) is 22.4 Å². The number of amides is 2. The maximum Gasteiger partial charge on any atom is 0.261 e. The molecular formula is C35H36FN3O7S. The van der Waals surface area contributed by atoms with E-state index in [1.165, 1.54) is 41.3 Å². The van der Waals surface area contributed by atoms with Crippen molar-refractivity contribution in [2.45, 2.75) is 36.4 Å². The van der Waals surface area contributed by atoms with Crippen LogP contribution in [-0.2, 0) is 30.9 Å². The zero-order valence-corrected chi connectivity index (χ0v) is 26.6. The minimum Gasteiger partial charge on any atom is -0.497 e. The van der Waals surface area contributed by atoms with Crippen LogP contribution < -0.4 is 19.5 Å². The van der Waals surface area contributed by atoms with E-state index in [2.05, 4.69) is 10.0 Å². The monoisotopic (exact) mass is 661 g/mol. The van der Waals surface area contributed by atoms with Crippen molar-refractivity contribution in [2.75, 3.05) is 31.6 Å². The third-order valence-corrected chi connectivity index (χ3v) is 9.03. The molecule has 0 aromatic heterocycles. The van der Waals surface area contributed by atoms with Crippen molar-refractivity contribution in [3.8, 4) is 11.5 Å². The molecule has 10 nitrogen and oxygen atoms in total. The average molecular weight is 662 g/mol. The number of anilines is 1. The first-order chi connectivity index (χ1) is 22.7. The lowest BCUT2D eigenvalue weighted by Crippen LogP contribution is -2.46. The topological polar surface area (TPSA) is 123 Å². The molecule has 0 saturated carbocycles. The van der Waals surface area contributed by atoms with Gasteiger partial charge in [-0.05, 0) is 84.6 Å². The van der Waals surface area contributed by atoms with Crippen molar-refractivity contribution in [1.29, 1.82) is 0 Å². The van der Waals surface area contributed by atoms with Crippen LogP contribution in [0.1, 0.15) is 30.0 Å². The zero-order valence-electron chi connectivity index (χ0n) is 25.8. The van der Waals surface area contributed by atoms with Gasteiger partial charge in [-0.1, -0.05) is 42.5 Å². The number of benzene rings is 4. The van der Waals surface area contributed by atoms with Crippen LogP contribution in [0.2, 0.25) is 0 Å². The third kappa shape index (κ3) is 9.08. The number of sulfonamides is 1. The Balaban J connectivity index is 1.34. The summed E-state index contributed by atoms with van der Waals surface area (Å²) in [5.74, 6) is -0.390. The first kappa shape index (κ1) is 33.4. The summed E-state index contributed by atoms with van der Waals surface area (Å²) in [5.41, 5.74) is 1.61. The lowest BCUT2D eigenvalue weighted by molar-refractivity contribution is -0.143. The first-order valence-corrected chi connectivity index (χ1v) is 16.6. The predicted octanol–water partition coefficient (Wildman–Crippen LogP) is 5.08. The summed E-state index contributed by atoms with van der Waals surface area (Å²) in [4.78, 5) is 29.1. The molecule has 4 aromatic carbocycles. The van der Waals surface area contributed by atoms with Gasteiger partial charge in [0, 0.05) is 25.4 Å². The lowest BCUT2D eigenvalue weighted by Gasteiger charge is -2.32. The van der Waals surface area contributed by atoms with Crippen molar-refractivity contribution >= 4 is 27.5 Å². The highest BCUT2D eigenvalue weighted by Gasteiger charge is 2.32. The van der Waals surface area contributed by atoms with Crippen LogP contribution in [-0.4, -0.2) is 58.1 Å². The third-order valence-electron chi connectivity index (χ3n) is 7.63. The highest BCUT2D eigenvalue weighted by Crippen LogP contribution is 2.26.